The van der Waals surface area contributed by atoms with Gasteiger partial charge in [0.2, 0.25) is 11.8 Å². The molecule has 1 unspecified atom stereocenters. The molecular formula is C25H32N4O5. The molecule has 1 aromatic rings. The number of carbonyl (C=O) groups excluding carboxylic acids is 4. The van der Waals surface area contributed by atoms with E-state index in [0.717, 1.165) is 30.7 Å². The molecule has 0 bridgehead atoms. The minimum absolute atomic E-state index is 0.105. The number of rotatable bonds is 9. The van der Waals surface area contributed by atoms with Gasteiger partial charge < -0.3 is 15.0 Å². The number of carbonyl (C=O) groups is 4. The van der Waals surface area contributed by atoms with Gasteiger partial charge in [0.15, 0.2) is 0 Å². The van der Waals surface area contributed by atoms with Gasteiger partial charge in [-0.25, -0.2) is 0 Å². The van der Waals surface area contributed by atoms with Crippen molar-refractivity contribution < 1.29 is 23.9 Å². The van der Waals surface area contributed by atoms with Gasteiger partial charge in [-0.1, -0.05) is 0 Å². The second kappa shape index (κ2) is 9.11. The summed E-state index contributed by atoms with van der Waals surface area (Å²) in [5.41, 5.74) is 1.11. The highest BCUT2D eigenvalue weighted by atomic mass is 16.5. The van der Waals surface area contributed by atoms with E-state index < -0.39 is 23.8 Å². The van der Waals surface area contributed by atoms with E-state index in [4.69, 9.17) is 4.74 Å². The van der Waals surface area contributed by atoms with Crippen molar-refractivity contribution in [3.63, 3.8) is 0 Å². The van der Waals surface area contributed by atoms with Crippen LogP contribution >= 0.6 is 0 Å². The minimum atomic E-state index is -0.954. The standard InChI is InChI=1S/C25H32N4O5/c1-26-16-12-25(13-16)14-28(15-25)9-3-2-4-10-34-17-5-6-18-19(11-17)24(33)29(23(18)32)20-7-8-21(30)27-22(20)31/h5-6,11,16,20,26H,2-4,7-10,12-15H2,1H3,(H,27,30,31). The average Bonchev–Trinajstić information content (AvgIpc) is 3.00. The lowest BCUT2D eigenvalue weighted by molar-refractivity contribution is -0.136. The van der Waals surface area contributed by atoms with Crippen LogP contribution in [0.15, 0.2) is 18.2 Å². The van der Waals surface area contributed by atoms with Crippen molar-refractivity contribution in [1.82, 2.24) is 20.4 Å². The van der Waals surface area contributed by atoms with Gasteiger partial charge in [-0.05, 0) is 75.7 Å². The first-order chi connectivity index (χ1) is 16.4. The van der Waals surface area contributed by atoms with Crippen molar-refractivity contribution in [3.05, 3.63) is 29.3 Å². The third kappa shape index (κ3) is 4.22. The van der Waals surface area contributed by atoms with Gasteiger partial charge in [0, 0.05) is 25.6 Å². The number of amides is 4. The molecule has 4 amide bonds. The molecule has 9 nitrogen and oxygen atoms in total. The number of piperidine rings is 1. The second-order valence-corrected chi connectivity index (χ2v) is 10.2. The molecule has 1 aromatic carbocycles. The molecule has 1 saturated carbocycles. The highest BCUT2D eigenvalue weighted by Crippen LogP contribution is 2.48. The first-order valence-corrected chi connectivity index (χ1v) is 12.3. The molecule has 34 heavy (non-hydrogen) atoms. The van der Waals surface area contributed by atoms with Crippen LogP contribution < -0.4 is 15.4 Å². The molecule has 0 aromatic heterocycles. The molecule has 1 aliphatic carbocycles. The molecule has 9 heteroatoms. The predicted octanol–water partition coefficient (Wildman–Crippen LogP) is 1.32. The van der Waals surface area contributed by atoms with Crippen molar-refractivity contribution in [2.45, 2.75) is 57.0 Å². The summed E-state index contributed by atoms with van der Waals surface area (Å²) in [7, 11) is 2.05. The first kappa shape index (κ1) is 23.0. The van der Waals surface area contributed by atoms with Crippen LogP contribution in [0.5, 0.6) is 5.75 Å². The van der Waals surface area contributed by atoms with E-state index in [-0.39, 0.29) is 29.9 Å². The predicted molar refractivity (Wildman–Crippen MR) is 123 cm³/mol. The van der Waals surface area contributed by atoms with Crippen LogP contribution in [-0.4, -0.2) is 78.8 Å². The van der Waals surface area contributed by atoms with E-state index >= 15 is 0 Å². The summed E-state index contributed by atoms with van der Waals surface area (Å²) in [4.78, 5) is 52.7. The first-order valence-electron chi connectivity index (χ1n) is 12.3. The number of fused-ring (bicyclic) bond motifs is 1. The highest BCUT2D eigenvalue weighted by molar-refractivity contribution is 6.23. The summed E-state index contributed by atoms with van der Waals surface area (Å²) < 4.78 is 5.84. The topological polar surface area (TPSA) is 108 Å². The molecule has 182 valence electrons. The number of ether oxygens (including phenoxy) is 1. The largest absolute Gasteiger partial charge is 0.494 e. The zero-order valence-electron chi connectivity index (χ0n) is 19.6. The second-order valence-electron chi connectivity index (χ2n) is 10.2. The lowest BCUT2D eigenvalue weighted by Gasteiger charge is -2.59. The zero-order chi connectivity index (χ0) is 23.9. The number of benzene rings is 1. The van der Waals surface area contributed by atoms with Crippen LogP contribution in [0.3, 0.4) is 0 Å². The number of nitrogens with one attached hydrogen (secondary N) is 2. The van der Waals surface area contributed by atoms with Gasteiger partial charge in [0.25, 0.3) is 11.8 Å². The number of likely N-dealkylation sites (tertiary alicyclic amines) is 1. The number of imide groups is 2. The van der Waals surface area contributed by atoms with Crippen LogP contribution in [0.2, 0.25) is 0 Å². The average molecular weight is 469 g/mol. The summed E-state index contributed by atoms with van der Waals surface area (Å²) in [5, 5.41) is 5.56. The molecule has 5 rings (SSSR count). The van der Waals surface area contributed by atoms with Crippen LogP contribution in [0, 0.1) is 5.41 Å². The van der Waals surface area contributed by atoms with E-state index in [0.29, 0.717) is 23.8 Å². The lowest BCUT2D eigenvalue weighted by atomic mass is 9.60. The van der Waals surface area contributed by atoms with Crippen LogP contribution in [-0.2, 0) is 9.59 Å². The van der Waals surface area contributed by atoms with E-state index in [1.54, 1.807) is 18.2 Å². The van der Waals surface area contributed by atoms with Crippen molar-refractivity contribution >= 4 is 23.6 Å². The van der Waals surface area contributed by atoms with E-state index in [2.05, 4.69) is 15.5 Å². The smallest absolute Gasteiger partial charge is 0.262 e. The highest BCUT2D eigenvalue weighted by Gasteiger charge is 2.51. The molecule has 0 radical (unpaired) electrons. The van der Waals surface area contributed by atoms with Gasteiger partial charge in [-0.2, -0.15) is 0 Å². The molecule has 3 fully saturated rings. The molecular weight excluding hydrogens is 436 g/mol. The van der Waals surface area contributed by atoms with Crippen molar-refractivity contribution in [2.75, 3.05) is 33.3 Å². The van der Waals surface area contributed by atoms with Crippen LogP contribution in [0.25, 0.3) is 0 Å². The van der Waals surface area contributed by atoms with Gasteiger partial charge in [0.05, 0.1) is 17.7 Å². The van der Waals surface area contributed by atoms with Crippen molar-refractivity contribution in [3.8, 4) is 5.75 Å². The fourth-order valence-electron chi connectivity index (χ4n) is 5.85. The summed E-state index contributed by atoms with van der Waals surface area (Å²) >= 11 is 0. The lowest BCUT2D eigenvalue weighted by Crippen LogP contribution is -2.65. The molecule has 4 aliphatic rings. The van der Waals surface area contributed by atoms with Gasteiger partial charge in [0.1, 0.15) is 11.8 Å². The zero-order valence-corrected chi connectivity index (χ0v) is 19.6. The fourth-order valence-corrected chi connectivity index (χ4v) is 5.85. The Morgan fingerprint density at radius 3 is 2.56 bits per heavy atom. The Balaban J connectivity index is 1.05. The maximum Gasteiger partial charge on any atom is 0.262 e. The third-order valence-electron chi connectivity index (χ3n) is 7.68. The summed E-state index contributed by atoms with van der Waals surface area (Å²) in [5.74, 6) is -1.47. The summed E-state index contributed by atoms with van der Waals surface area (Å²) in [6.45, 7) is 4.15. The van der Waals surface area contributed by atoms with Gasteiger partial charge >= 0.3 is 0 Å². The molecule has 1 spiro atoms. The van der Waals surface area contributed by atoms with Gasteiger partial charge in [-0.3, -0.25) is 29.4 Å². The third-order valence-corrected chi connectivity index (χ3v) is 7.68. The SMILES string of the molecule is CNC1CC2(C1)CN(CCCCCOc1ccc3c(c1)C(=O)N(C1CCC(=O)NC1=O)C3=O)C2. The Bertz CT molecular complexity index is 1010. The number of hydrogen-bond acceptors (Lipinski definition) is 7. The number of nitrogens with zero attached hydrogens (tertiary/aromatic N) is 2. The molecule has 2 N–H and O–H groups in total. The van der Waals surface area contributed by atoms with Gasteiger partial charge in [-0.15, -0.1) is 0 Å². The number of hydrogen-bond donors (Lipinski definition) is 2. The fraction of sp³-hybridized carbons (Fsp3) is 0.600. The van der Waals surface area contributed by atoms with Crippen molar-refractivity contribution in [2.24, 2.45) is 5.41 Å². The Kier molecular flexibility index (Phi) is 6.16. The maximum atomic E-state index is 12.9. The van der Waals surface area contributed by atoms with E-state index in [1.807, 2.05) is 7.05 Å². The van der Waals surface area contributed by atoms with E-state index in [1.165, 1.54) is 25.9 Å². The van der Waals surface area contributed by atoms with Crippen LogP contribution in [0.1, 0.15) is 65.7 Å². The van der Waals surface area contributed by atoms with Crippen molar-refractivity contribution in [1.29, 1.82) is 0 Å². The quantitative estimate of drug-likeness (QED) is 0.416. The monoisotopic (exact) mass is 468 g/mol. The van der Waals surface area contributed by atoms with Crippen LogP contribution in [0.4, 0.5) is 0 Å². The molecule has 2 saturated heterocycles. The Labute approximate surface area is 199 Å². The Morgan fingerprint density at radius 1 is 1.06 bits per heavy atom. The molecule has 3 heterocycles. The summed E-state index contributed by atoms with van der Waals surface area (Å²) in [6.07, 6.45) is 6.03. The Morgan fingerprint density at radius 2 is 1.82 bits per heavy atom. The molecule has 3 aliphatic heterocycles. The number of unbranched alkanes of at least 4 members (excludes halogenated alkanes) is 2. The summed E-state index contributed by atoms with van der Waals surface area (Å²) in [6, 6.07) is 4.61. The minimum Gasteiger partial charge on any atom is -0.494 e. The molecule has 1 atom stereocenters. The maximum absolute atomic E-state index is 12.9. The Hall–Kier alpha value is -2.78. The normalized spacial score (nSPS) is 24.1. The van der Waals surface area contributed by atoms with E-state index in [9.17, 15) is 19.2 Å².